The van der Waals surface area contributed by atoms with E-state index in [4.69, 9.17) is 0 Å². The van der Waals surface area contributed by atoms with Gasteiger partial charge in [-0.05, 0) is 57.5 Å². The maximum Gasteiger partial charge on any atom is 0.281 e. The van der Waals surface area contributed by atoms with Crippen molar-refractivity contribution in [3.63, 3.8) is 0 Å². The van der Waals surface area contributed by atoms with E-state index in [0.29, 0.717) is 20.3 Å². The quantitative estimate of drug-likeness (QED) is 0.303. The molecule has 136 valence electrons. The first-order chi connectivity index (χ1) is 13.0. The number of carbonyl (C=O) groups excluding carboxylic acids is 1. The molecule has 6 heteroatoms. The van der Waals surface area contributed by atoms with Crippen LogP contribution in [0.3, 0.4) is 0 Å². The summed E-state index contributed by atoms with van der Waals surface area (Å²) in [6.45, 7) is 0. The molecule has 1 amide bonds. The highest BCUT2D eigenvalue weighted by molar-refractivity contribution is 14.1. The minimum atomic E-state index is -1.87. The molecule has 0 aliphatic heterocycles. The van der Waals surface area contributed by atoms with E-state index in [1.54, 1.807) is 66.7 Å². The van der Waals surface area contributed by atoms with Crippen molar-refractivity contribution in [1.82, 2.24) is 5.43 Å². The molecule has 0 saturated heterocycles. The van der Waals surface area contributed by atoms with Crippen molar-refractivity contribution < 1.29 is 15.0 Å². The molecule has 0 unspecified atom stereocenters. The van der Waals surface area contributed by atoms with Crippen molar-refractivity contribution in [3.8, 4) is 5.75 Å². The number of phenolic OH excluding ortho intramolecular Hbond substituents is 1. The minimum absolute atomic E-state index is 0.180. The van der Waals surface area contributed by atoms with Crippen LogP contribution in [0.5, 0.6) is 5.75 Å². The third kappa shape index (κ3) is 4.17. The number of carbonyl (C=O) groups is 1. The van der Waals surface area contributed by atoms with E-state index >= 15 is 0 Å². The third-order valence-corrected chi connectivity index (χ3v) is 4.93. The summed E-state index contributed by atoms with van der Waals surface area (Å²) in [4.78, 5) is 12.9. The van der Waals surface area contributed by atoms with Crippen LogP contribution in [0, 0.1) is 3.57 Å². The van der Waals surface area contributed by atoms with E-state index in [1.165, 1.54) is 6.21 Å². The molecule has 27 heavy (non-hydrogen) atoms. The lowest BCUT2D eigenvalue weighted by Crippen LogP contribution is -2.43. The molecule has 0 aromatic heterocycles. The van der Waals surface area contributed by atoms with Crippen molar-refractivity contribution in [2.24, 2.45) is 5.10 Å². The highest BCUT2D eigenvalue weighted by Gasteiger charge is 2.39. The molecule has 0 bridgehead atoms. The SMILES string of the molecule is O=C(N/N=C\c1ccc(O)c(I)c1)C(O)(c1ccccc1)c1ccccc1. The van der Waals surface area contributed by atoms with Crippen LogP contribution in [0.1, 0.15) is 16.7 Å². The summed E-state index contributed by atoms with van der Waals surface area (Å²) in [5.74, 6) is -0.482. The van der Waals surface area contributed by atoms with Gasteiger partial charge < -0.3 is 10.2 Å². The van der Waals surface area contributed by atoms with Crippen molar-refractivity contribution in [2.75, 3.05) is 0 Å². The maximum absolute atomic E-state index is 12.9. The van der Waals surface area contributed by atoms with Gasteiger partial charge in [0.25, 0.3) is 5.91 Å². The lowest BCUT2D eigenvalue weighted by atomic mass is 9.85. The first-order valence-corrected chi connectivity index (χ1v) is 9.25. The normalized spacial score (nSPS) is 11.5. The standard InChI is InChI=1S/C21H17IN2O3/c22-18-13-15(11-12-19(18)25)14-23-24-20(26)21(27,16-7-3-1-4-8-16)17-9-5-2-6-10-17/h1-14,25,27H,(H,24,26)/b23-14-. The predicted molar refractivity (Wildman–Crippen MR) is 112 cm³/mol. The molecular formula is C21H17IN2O3. The Morgan fingerprint density at radius 3 is 2.04 bits per heavy atom. The average molecular weight is 472 g/mol. The second kappa shape index (κ2) is 8.32. The molecule has 0 radical (unpaired) electrons. The number of nitrogens with zero attached hydrogens (tertiary/aromatic N) is 1. The summed E-state index contributed by atoms with van der Waals surface area (Å²) in [7, 11) is 0. The first-order valence-electron chi connectivity index (χ1n) is 8.17. The van der Waals surface area contributed by atoms with Gasteiger partial charge in [0.2, 0.25) is 0 Å². The number of hydrogen-bond acceptors (Lipinski definition) is 4. The third-order valence-electron chi connectivity index (χ3n) is 4.06. The number of nitrogens with one attached hydrogen (secondary N) is 1. The van der Waals surface area contributed by atoms with Gasteiger partial charge in [0.15, 0.2) is 5.60 Å². The van der Waals surface area contributed by atoms with Gasteiger partial charge in [-0.3, -0.25) is 4.79 Å². The van der Waals surface area contributed by atoms with E-state index in [9.17, 15) is 15.0 Å². The number of aromatic hydroxyl groups is 1. The molecule has 0 atom stereocenters. The molecule has 3 rings (SSSR count). The largest absolute Gasteiger partial charge is 0.507 e. The number of phenols is 1. The summed E-state index contributed by atoms with van der Waals surface area (Å²) < 4.78 is 0.674. The van der Waals surface area contributed by atoms with Gasteiger partial charge in [-0.25, -0.2) is 5.43 Å². The van der Waals surface area contributed by atoms with E-state index in [0.717, 1.165) is 0 Å². The topological polar surface area (TPSA) is 81.9 Å². The lowest BCUT2D eigenvalue weighted by molar-refractivity contribution is -0.136. The van der Waals surface area contributed by atoms with E-state index in [2.05, 4.69) is 10.5 Å². The van der Waals surface area contributed by atoms with Crippen molar-refractivity contribution in [2.45, 2.75) is 5.60 Å². The van der Waals surface area contributed by atoms with E-state index in [-0.39, 0.29) is 5.75 Å². The summed E-state index contributed by atoms with van der Waals surface area (Å²) in [6, 6.07) is 22.4. The number of amides is 1. The molecule has 0 fully saturated rings. The number of hydrogen-bond donors (Lipinski definition) is 3. The van der Waals surface area contributed by atoms with Crippen LogP contribution in [-0.4, -0.2) is 22.3 Å². The summed E-state index contributed by atoms with van der Waals surface area (Å²) in [6.07, 6.45) is 1.45. The van der Waals surface area contributed by atoms with Gasteiger partial charge in [-0.1, -0.05) is 60.7 Å². The van der Waals surface area contributed by atoms with Gasteiger partial charge in [-0.2, -0.15) is 5.10 Å². The number of rotatable bonds is 5. The highest BCUT2D eigenvalue weighted by Crippen LogP contribution is 2.29. The molecule has 3 aromatic rings. The minimum Gasteiger partial charge on any atom is -0.507 e. The zero-order valence-electron chi connectivity index (χ0n) is 14.2. The monoisotopic (exact) mass is 472 g/mol. The first kappa shape index (κ1) is 19.1. The van der Waals surface area contributed by atoms with Gasteiger partial charge in [0, 0.05) is 0 Å². The Bertz CT molecular complexity index is 920. The zero-order valence-corrected chi connectivity index (χ0v) is 16.4. The molecule has 0 aliphatic rings. The summed E-state index contributed by atoms with van der Waals surface area (Å²) in [5.41, 5.74) is 2.15. The Balaban J connectivity index is 1.88. The molecule has 0 saturated carbocycles. The zero-order chi connectivity index (χ0) is 19.3. The maximum atomic E-state index is 12.9. The van der Waals surface area contributed by atoms with Crippen LogP contribution in [0.2, 0.25) is 0 Å². The Labute approximate surface area is 170 Å². The highest BCUT2D eigenvalue weighted by atomic mass is 127. The second-order valence-electron chi connectivity index (χ2n) is 5.85. The fraction of sp³-hybridized carbons (Fsp3) is 0.0476. The fourth-order valence-electron chi connectivity index (χ4n) is 2.64. The van der Waals surface area contributed by atoms with Crippen molar-refractivity contribution >= 4 is 34.7 Å². The molecule has 0 heterocycles. The smallest absolute Gasteiger partial charge is 0.281 e. The Morgan fingerprint density at radius 1 is 0.963 bits per heavy atom. The Kier molecular flexibility index (Phi) is 5.88. The molecule has 0 spiro atoms. The number of benzene rings is 3. The van der Waals surface area contributed by atoms with E-state index in [1.807, 2.05) is 34.7 Å². The number of halogens is 1. The van der Waals surface area contributed by atoms with Crippen LogP contribution in [0.15, 0.2) is 84.0 Å². The fourth-order valence-corrected chi connectivity index (χ4v) is 3.18. The van der Waals surface area contributed by atoms with Gasteiger partial charge >= 0.3 is 0 Å². The predicted octanol–water partition coefficient (Wildman–Crippen LogP) is 3.38. The van der Waals surface area contributed by atoms with Crippen LogP contribution in [0.4, 0.5) is 0 Å². The summed E-state index contributed by atoms with van der Waals surface area (Å²) in [5, 5.41) is 24.8. The van der Waals surface area contributed by atoms with Crippen LogP contribution < -0.4 is 5.43 Å². The second-order valence-corrected chi connectivity index (χ2v) is 7.01. The van der Waals surface area contributed by atoms with Crippen LogP contribution in [0.25, 0.3) is 0 Å². The van der Waals surface area contributed by atoms with Crippen LogP contribution in [-0.2, 0) is 10.4 Å². The Morgan fingerprint density at radius 2 is 1.52 bits per heavy atom. The molecule has 0 aliphatic carbocycles. The van der Waals surface area contributed by atoms with Crippen LogP contribution >= 0.6 is 22.6 Å². The van der Waals surface area contributed by atoms with Gasteiger partial charge in [-0.15, -0.1) is 0 Å². The van der Waals surface area contributed by atoms with Crippen molar-refractivity contribution in [1.29, 1.82) is 0 Å². The molecule has 5 nitrogen and oxygen atoms in total. The Hall–Kier alpha value is -2.71. The summed E-state index contributed by atoms with van der Waals surface area (Å²) >= 11 is 2.00. The molecular weight excluding hydrogens is 455 g/mol. The lowest BCUT2D eigenvalue weighted by Gasteiger charge is -2.27. The number of hydrazone groups is 1. The number of aliphatic hydroxyl groups is 1. The van der Waals surface area contributed by atoms with Gasteiger partial charge in [0.1, 0.15) is 5.75 Å². The molecule has 3 N–H and O–H groups in total. The molecule has 3 aromatic carbocycles. The van der Waals surface area contributed by atoms with Crippen molar-refractivity contribution in [3.05, 3.63) is 99.1 Å². The van der Waals surface area contributed by atoms with E-state index < -0.39 is 11.5 Å². The average Bonchev–Trinajstić information content (AvgIpc) is 2.71. The van der Waals surface area contributed by atoms with Gasteiger partial charge in [0.05, 0.1) is 9.78 Å².